The molecule has 12 heavy (non-hydrogen) atoms. The summed E-state index contributed by atoms with van der Waals surface area (Å²) < 4.78 is 1.94. The van der Waals surface area contributed by atoms with Gasteiger partial charge >= 0.3 is 0 Å². The molecule has 1 aromatic carbocycles. The third kappa shape index (κ3) is 2.29. The zero-order valence-electron chi connectivity index (χ0n) is 6.13. The summed E-state index contributed by atoms with van der Waals surface area (Å²) in [6, 6.07) is 5.77. The van der Waals surface area contributed by atoms with E-state index in [1.54, 1.807) is 6.08 Å². The first-order chi connectivity index (χ1) is 5.75. The van der Waals surface area contributed by atoms with Crippen molar-refractivity contribution in [1.82, 2.24) is 0 Å². The van der Waals surface area contributed by atoms with Gasteiger partial charge in [-0.2, -0.15) is 0 Å². The van der Waals surface area contributed by atoms with E-state index in [0.717, 1.165) is 20.8 Å². The maximum atomic E-state index is 10.1. The van der Waals surface area contributed by atoms with Crippen LogP contribution >= 0.6 is 31.9 Å². The van der Waals surface area contributed by atoms with Gasteiger partial charge in [-0.15, -0.1) is 0 Å². The van der Waals surface area contributed by atoms with Gasteiger partial charge in [-0.25, -0.2) is 0 Å². The molecule has 1 nitrogen and oxygen atoms in total. The summed E-state index contributed by atoms with van der Waals surface area (Å²) in [5.41, 5.74) is 0.983. The van der Waals surface area contributed by atoms with Gasteiger partial charge < -0.3 is 0 Å². The van der Waals surface area contributed by atoms with Gasteiger partial charge in [-0.3, -0.25) is 4.79 Å². The van der Waals surface area contributed by atoms with Crippen LogP contribution in [0.3, 0.4) is 0 Å². The monoisotopic (exact) mass is 288 g/mol. The fraction of sp³-hybridized carbons (Fsp3) is 0. The average molecular weight is 290 g/mol. The molecule has 0 amide bonds. The standard InChI is InChI=1S/C9H6Br2O/c10-8-5-1-3-7(9(8)11)4-2-6-12/h1-6H/b4-2+. The first kappa shape index (κ1) is 9.68. The third-order valence-electron chi connectivity index (χ3n) is 1.34. The molecule has 62 valence electrons. The van der Waals surface area contributed by atoms with Crippen molar-refractivity contribution < 1.29 is 4.79 Å². The zero-order chi connectivity index (χ0) is 8.97. The summed E-state index contributed by atoms with van der Waals surface area (Å²) in [6.45, 7) is 0. The molecule has 1 aromatic rings. The van der Waals surface area contributed by atoms with Crippen LogP contribution in [0.1, 0.15) is 5.56 Å². The number of hydrogen-bond donors (Lipinski definition) is 0. The van der Waals surface area contributed by atoms with Crippen molar-refractivity contribution in [3.05, 3.63) is 38.8 Å². The smallest absolute Gasteiger partial charge is 0.142 e. The third-order valence-corrected chi connectivity index (χ3v) is 3.41. The Bertz CT molecular complexity index is 318. The van der Waals surface area contributed by atoms with E-state index >= 15 is 0 Å². The van der Waals surface area contributed by atoms with Gasteiger partial charge in [-0.05, 0) is 49.6 Å². The molecule has 0 aliphatic carbocycles. The maximum absolute atomic E-state index is 10.1. The Morgan fingerprint density at radius 3 is 2.67 bits per heavy atom. The molecular formula is C9H6Br2O. The van der Waals surface area contributed by atoms with Crippen LogP contribution in [0.25, 0.3) is 6.08 Å². The number of carbonyl (C=O) groups excluding carboxylic acids is 1. The van der Waals surface area contributed by atoms with Crippen LogP contribution in [0, 0.1) is 0 Å². The van der Waals surface area contributed by atoms with Crippen LogP contribution in [-0.2, 0) is 4.79 Å². The lowest BCUT2D eigenvalue weighted by molar-refractivity contribution is -0.104. The van der Waals surface area contributed by atoms with Crippen molar-refractivity contribution in [2.75, 3.05) is 0 Å². The van der Waals surface area contributed by atoms with Gasteiger partial charge in [0.05, 0.1) is 0 Å². The van der Waals surface area contributed by atoms with Crippen LogP contribution in [0.5, 0.6) is 0 Å². The second-order valence-corrected chi connectivity index (χ2v) is 3.79. The van der Waals surface area contributed by atoms with E-state index in [1.807, 2.05) is 18.2 Å². The van der Waals surface area contributed by atoms with E-state index in [9.17, 15) is 4.79 Å². The van der Waals surface area contributed by atoms with E-state index in [4.69, 9.17) is 0 Å². The summed E-state index contributed by atoms with van der Waals surface area (Å²) in [5, 5.41) is 0. The second kappa shape index (κ2) is 4.58. The normalized spacial score (nSPS) is 10.5. The van der Waals surface area contributed by atoms with Crippen LogP contribution in [-0.4, -0.2) is 6.29 Å². The molecule has 0 heterocycles. The number of rotatable bonds is 2. The minimum atomic E-state index is 0.757. The summed E-state index contributed by atoms with van der Waals surface area (Å²) in [6.07, 6.45) is 3.97. The van der Waals surface area contributed by atoms with Gasteiger partial charge in [0.25, 0.3) is 0 Å². The predicted molar refractivity (Wildman–Crippen MR) is 56.9 cm³/mol. The van der Waals surface area contributed by atoms with E-state index < -0.39 is 0 Å². The van der Waals surface area contributed by atoms with Crippen molar-refractivity contribution >= 4 is 44.2 Å². The molecule has 1 rings (SSSR count). The molecular weight excluding hydrogens is 284 g/mol. The van der Waals surface area contributed by atoms with Crippen molar-refractivity contribution in [1.29, 1.82) is 0 Å². The number of halogens is 2. The lowest BCUT2D eigenvalue weighted by Gasteiger charge is -1.99. The Morgan fingerprint density at radius 2 is 2.00 bits per heavy atom. The number of carbonyl (C=O) groups is 1. The predicted octanol–water partition coefficient (Wildman–Crippen LogP) is 3.42. The molecule has 3 heteroatoms. The molecule has 0 atom stereocenters. The van der Waals surface area contributed by atoms with Gasteiger partial charge in [-0.1, -0.05) is 18.2 Å². The minimum absolute atomic E-state index is 0.757. The number of allylic oxidation sites excluding steroid dienone is 1. The largest absolute Gasteiger partial charge is 0.299 e. The molecule has 0 aromatic heterocycles. The molecule has 0 N–H and O–H groups in total. The number of hydrogen-bond acceptors (Lipinski definition) is 1. The summed E-state index contributed by atoms with van der Waals surface area (Å²) in [5.74, 6) is 0. The van der Waals surface area contributed by atoms with Crippen molar-refractivity contribution in [2.24, 2.45) is 0 Å². The van der Waals surface area contributed by atoms with E-state index in [1.165, 1.54) is 6.08 Å². The van der Waals surface area contributed by atoms with Gasteiger partial charge in [0.2, 0.25) is 0 Å². The summed E-state index contributed by atoms with van der Waals surface area (Å²) in [4.78, 5) is 10.1. The Hall–Kier alpha value is -0.410. The highest BCUT2D eigenvalue weighted by atomic mass is 79.9. The summed E-state index contributed by atoms with van der Waals surface area (Å²) >= 11 is 6.77. The molecule has 0 aliphatic rings. The maximum Gasteiger partial charge on any atom is 0.142 e. The minimum Gasteiger partial charge on any atom is -0.299 e. The van der Waals surface area contributed by atoms with Gasteiger partial charge in [0.1, 0.15) is 6.29 Å². The molecule has 0 unspecified atom stereocenters. The molecule has 0 radical (unpaired) electrons. The Kier molecular flexibility index (Phi) is 3.69. The van der Waals surface area contributed by atoms with E-state index in [-0.39, 0.29) is 0 Å². The molecule has 0 aliphatic heterocycles. The highest BCUT2D eigenvalue weighted by molar-refractivity contribution is 9.13. The Balaban J connectivity index is 3.07. The molecule has 0 bridgehead atoms. The van der Waals surface area contributed by atoms with Gasteiger partial charge in [0, 0.05) is 8.95 Å². The topological polar surface area (TPSA) is 17.1 Å². The first-order valence-electron chi connectivity index (χ1n) is 3.31. The van der Waals surface area contributed by atoms with E-state index in [0.29, 0.717) is 0 Å². The fourth-order valence-corrected chi connectivity index (χ4v) is 1.57. The lowest BCUT2D eigenvalue weighted by Crippen LogP contribution is -1.76. The first-order valence-corrected chi connectivity index (χ1v) is 4.90. The quantitative estimate of drug-likeness (QED) is 0.602. The fourth-order valence-electron chi connectivity index (χ4n) is 0.792. The van der Waals surface area contributed by atoms with Crippen molar-refractivity contribution in [2.45, 2.75) is 0 Å². The Labute approximate surface area is 87.7 Å². The Morgan fingerprint density at radius 1 is 1.25 bits per heavy atom. The van der Waals surface area contributed by atoms with Crippen molar-refractivity contribution in [3.63, 3.8) is 0 Å². The molecule has 0 spiro atoms. The van der Waals surface area contributed by atoms with Crippen LogP contribution in [0.2, 0.25) is 0 Å². The van der Waals surface area contributed by atoms with E-state index in [2.05, 4.69) is 31.9 Å². The zero-order valence-corrected chi connectivity index (χ0v) is 9.30. The van der Waals surface area contributed by atoms with Crippen molar-refractivity contribution in [3.8, 4) is 0 Å². The highest BCUT2D eigenvalue weighted by Crippen LogP contribution is 2.27. The lowest BCUT2D eigenvalue weighted by atomic mass is 10.2. The van der Waals surface area contributed by atoms with Crippen LogP contribution in [0.15, 0.2) is 33.2 Å². The SMILES string of the molecule is O=C/C=C/c1cccc(Br)c1Br. The average Bonchev–Trinajstić information content (AvgIpc) is 2.08. The second-order valence-electron chi connectivity index (χ2n) is 2.14. The summed E-state index contributed by atoms with van der Waals surface area (Å²) in [7, 11) is 0. The molecule has 0 fully saturated rings. The van der Waals surface area contributed by atoms with Crippen LogP contribution < -0.4 is 0 Å². The van der Waals surface area contributed by atoms with Crippen LogP contribution in [0.4, 0.5) is 0 Å². The number of aldehydes is 1. The highest BCUT2D eigenvalue weighted by Gasteiger charge is 1.98. The number of benzene rings is 1. The van der Waals surface area contributed by atoms with Gasteiger partial charge in [0.15, 0.2) is 0 Å². The molecule has 0 saturated carbocycles. The molecule has 0 saturated heterocycles.